The van der Waals surface area contributed by atoms with E-state index in [1.54, 1.807) is 12.1 Å². The fourth-order valence-corrected chi connectivity index (χ4v) is 4.95. The van der Waals surface area contributed by atoms with Gasteiger partial charge >= 0.3 is 0 Å². The average Bonchev–Trinajstić information content (AvgIpc) is 3.43. The largest absolute Gasteiger partial charge is 0.492 e. The first-order valence-corrected chi connectivity index (χ1v) is 9.39. The maximum atomic E-state index is 15.7. The monoisotopic (exact) mass is 374 g/mol. The van der Waals surface area contributed by atoms with Gasteiger partial charge in [0.25, 0.3) is 0 Å². The Bertz CT molecular complexity index is 919. The molecule has 3 heterocycles. The fraction of sp³-hybridized carbons (Fsp3) is 0.389. The Morgan fingerprint density at radius 2 is 2.00 bits per heavy atom. The molecule has 0 amide bonds. The number of nitrogens with two attached hydrogens (primary N) is 1. The second kappa shape index (κ2) is 5.39. The smallest absolute Gasteiger partial charge is 0.155 e. The third-order valence-electron chi connectivity index (χ3n) is 5.64. The predicted molar refractivity (Wildman–Crippen MR) is 95.2 cm³/mol. The normalized spacial score (nSPS) is 28.4. The van der Waals surface area contributed by atoms with Crippen LogP contribution in [0.2, 0.25) is 0 Å². The van der Waals surface area contributed by atoms with E-state index >= 15 is 8.78 Å². The second-order valence-corrected chi connectivity index (χ2v) is 8.03. The Hall–Kier alpha value is -2.22. The molecule has 1 saturated carbocycles. The maximum Gasteiger partial charge on any atom is 0.155 e. The molecule has 2 N–H and O–H groups in total. The number of benzene rings is 1. The maximum absolute atomic E-state index is 15.7. The van der Waals surface area contributed by atoms with E-state index in [2.05, 4.69) is 15.0 Å². The number of ether oxygens (including phenoxy) is 1. The van der Waals surface area contributed by atoms with Crippen molar-refractivity contribution in [3.05, 3.63) is 42.2 Å². The van der Waals surface area contributed by atoms with Crippen LogP contribution in [0.1, 0.15) is 18.4 Å². The van der Waals surface area contributed by atoms with Crippen LogP contribution in [-0.4, -0.2) is 33.7 Å². The molecule has 5 nitrogen and oxygen atoms in total. The van der Waals surface area contributed by atoms with E-state index in [1.165, 1.54) is 30.5 Å². The Morgan fingerprint density at radius 1 is 1.23 bits per heavy atom. The Labute approximate surface area is 153 Å². The highest BCUT2D eigenvalue weighted by Crippen LogP contribution is 2.67. The van der Waals surface area contributed by atoms with Crippen molar-refractivity contribution in [1.82, 2.24) is 9.97 Å². The van der Waals surface area contributed by atoms with Crippen molar-refractivity contribution in [3.63, 3.8) is 0 Å². The van der Waals surface area contributed by atoms with Crippen LogP contribution >= 0.6 is 11.8 Å². The van der Waals surface area contributed by atoms with Gasteiger partial charge in [0, 0.05) is 34.7 Å². The lowest BCUT2D eigenvalue weighted by Crippen LogP contribution is -2.53. The number of fused-ring (bicyclic) bond motifs is 3. The van der Waals surface area contributed by atoms with Crippen molar-refractivity contribution >= 4 is 16.9 Å². The van der Waals surface area contributed by atoms with Crippen LogP contribution in [0.3, 0.4) is 0 Å². The van der Waals surface area contributed by atoms with Gasteiger partial charge in [-0.2, -0.15) is 0 Å². The van der Waals surface area contributed by atoms with Gasteiger partial charge in [-0.3, -0.25) is 0 Å². The van der Waals surface area contributed by atoms with E-state index in [-0.39, 0.29) is 11.3 Å². The van der Waals surface area contributed by atoms with Crippen LogP contribution < -0.4 is 10.5 Å². The van der Waals surface area contributed by atoms with Gasteiger partial charge in [0.05, 0.1) is 12.2 Å². The van der Waals surface area contributed by atoms with Gasteiger partial charge in [0.2, 0.25) is 0 Å². The van der Waals surface area contributed by atoms with Gasteiger partial charge in [-0.1, -0.05) is 11.8 Å². The average molecular weight is 374 g/mol. The summed E-state index contributed by atoms with van der Waals surface area (Å²) < 4.78 is 36.9. The Morgan fingerprint density at radius 3 is 2.73 bits per heavy atom. The molecule has 5 rings (SSSR count). The summed E-state index contributed by atoms with van der Waals surface area (Å²) in [7, 11) is 0. The predicted octanol–water partition coefficient (Wildman–Crippen LogP) is 3.05. The van der Waals surface area contributed by atoms with Crippen LogP contribution in [0.4, 0.5) is 8.78 Å². The van der Waals surface area contributed by atoms with Gasteiger partial charge in [-0.25, -0.2) is 23.7 Å². The zero-order valence-corrected chi connectivity index (χ0v) is 14.6. The molecule has 1 aliphatic carbocycles. The minimum absolute atomic E-state index is 0.161. The van der Waals surface area contributed by atoms with E-state index in [9.17, 15) is 0 Å². The highest BCUT2D eigenvalue weighted by Gasteiger charge is 2.69. The summed E-state index contributed by atoms with van der Waals surface area (Å²) in [6.45, 7) is 0.328. The summed E-state index contributed by atoms with van der Waals surface area (Å²) in [4.78, 5) is 12.4. The third-order valence-corrected chi connectivity index (χ3v) is 6.49. The van der Waals surface area contributed by atoms with Crippen molar-refractivity contribution in [2.24, 2.45) is 16.1 Å². The highest BCUT2D eigenvalue weighted by molar-refractivity contribution is 8.13. The van der Waals surface area contributed by atoms with Crippen molar-refractivity contribution in [1.29, 1.82) is 0 Å². The van der Waals surface area contributed by atoms with Crippen LogP contribution in [-0.2, 0) is 5.54 Å². The molecule has 1 fully saturated rings. The zero-order chi connectivity index (χ0) is 17.9. The van der Waals surface area contributed by atoms with Gasteiger partial charge in [-0.15, -0.1) is 0 Å². The van der Waals surface area contributed by atoms with Crippen LogP contribution in [0.25, 0.3) is 11.1 Å². The number of amidine groups is 1. The van der Waals surface area contributed by atoms with Gasteiger partial charge in [-0.05, 0) is 25.0 Å². The lowest BCUT2D eigenvalue weighted by atomic mass is 9.70. The molecule has 2 unspecified atom stereocenters. The molecule has 2 spiro atoms. The van der Waals surface area contributed by atoms with Crippen molar-refractivity contribution in [2.45, 2.75) is 24.6 Å². The molecular weight excluding hydrogens is 358 g/mol. The van der Waals surface area contributed by atoms with E-state index < -0.39 is 22.9 Å². The second-order valence-electron chi connectivity index (χ2n) is 6.99. The molecule has 1 aromatic carbocycles. The molecular formula is C18H16F2N4OS. The summed E-state index contributed by atoms with van der Waals surface area (Å²) in [6.07, 6.45) is 4.59. The summed E-state index contributed by atoms with van der Waals surface area (Å²) in [5, 5.41) is 0.297. The van der Waals surface area contributed by atoms with Crippen LogP contribution in [0.15, 0.2) is 35.8 Å². The molecule has 2 atom stereocenters. The van der Waals surface area contributed by atoms with Crippen LogP contribution in [0.5, 0.6) is 5.75 Å². The number of nitrogens with zero attached hydrogens (tertiary/aromatic N) is 3. The molecule has 2 aliphatic heterocycles. The van der Waals surface area contributed by atoms with E-state index in [1.807, 2.05) is 0 Å². The van der Waals surface area contributed by atoms with Crippen molar-refractivity contribution in [3.8, 4) is 16.9 Å². The van der Waals surface area contributed by atoms with Gasteiger partial charge in [0.15, 0.2) is 5.17 Å². The highest BCUT2D eigenvalue weighted by atomic mass is 32.2. The summed E-state index contributed by atoms with van der Waals surface area (Å²) >= 11 is 1.17. The molecule has 2 aromatic rings. The topological polar surface area (TPSA) is 73.4 Å². The molecule has 0 bridgehead atoms. The number of hydrogen-bond acceptors (Lipinski definition) is 6. The van der Waals surface area contributed by atoms with Crippen molar-refractivity contribution < 1.29 is 13.5 Å². The Balaban J connectivity index is 1.80. The van der Waals surface area contributed by atoms with E-state index in [4.69, 9.17) is 10.5 Å². The van der Waals surface area contributed by atoms with E-state index in [0.29, 0.717) is 28.7 Å². The molecule has 26 heavy (non-hydrogen) atoms. The summed E-state index contributed by atoms with van der Waals surface area (Å²) in [5.74, 6) is -0.0321. The number of aromatic nitrogens is 2. The quantitative estimate of drug-likeness (QED) is 0.831. The molecule has 0 saturated heterocycles. The lowest BCUT2D eigenvalue weighted by Gasteiger charge is -2.46. The molecule has 1 aromatic heterocycles. The lowest BCUT2D eigenvalue weighted by molar-refractivity contribution is 0.0501. The van der Waals surface area contributed by atoms with Gasteiger partial charge < -0.3 is 10.5 Å². The summed E-state index contributed by atoms with van der Waals surface area (Å²) in [5.41, 5.74) is 5.13. The Kier molecular flexibility index (Phi) is 3.31. The SMILES string of the molecule is NC1=NC2(c3c(ccc(-c4cncnc4)c3F)OCC23CC3)C(F)CS1. The number of rotatable bonds is 1. The summed E-state index contributed by atoms with van der Waals surface area (Å²) in [6, 6.07) is 3.29. The number of aliphatic imine (C=N–C) groups is 1. The standard InChI is InChI=1S/C18H16F2N4OS/c19-13-7-26-16(21)24-18(13)14-12(25-8-17(18)3-4-17)2-1-11(15(14)20)10-5-22-9-23-6-10/h1-2,5-6,9,13H,3-4,7-8H2,(H2,21,24). The molecule has 134 valence electrons. The first kappa shape index (κ1) is 16.0. The van der Waals surface area contributed by atoms with Crippen molar-refractivity contribution in [2.75, 3.05) is 12.4 Å². The molecule has 0 radical (unpaired) electrons. The number of hydrogen-bond donors (Lipinski definition) is 1. The number of alkyl halides is 1. The third kappa shape index (κ3) is 1.99. The number of halogens is 2. The van der Waals surface area contributed by atoms with Gasteiger partial charge in [0.1, 0.15) is 29.6 Å². The minimum Gasteiger partial charge on any atom is -0.492 e. The van der Waals surface area contributed by atoms with E-state index in [0.717, 1.165) is 12.8 Å². The number of thioether (sulfide) groups is 1. The van der Waals surface area contributed by atoms with Crippen LogP contribution in [0, 0.1) is 11.2 Å². The first-order valence-electron chi connectivity index (χ1n) is 8.41. The molecule has 8 heteroatoms. The first-order chi connectivity index (χ1) is 12.6. The molecule has 3 aliphatic rings. The zero-order valence-electron chi connectivity index (χ0n) is 13.8. The fourth-order valence-electron chi connectivity index (χ4n) is 4.18. The minimum atomic E-state index is -1.33.